The minimum atomic E-state index is -0.654. The molecule has 0 bridgehead atoms. The lowest BCUT2D eigenvalue weighted by atomic mass is 9.95. The molecule has 2 fully saturated rings. The highest BCUT2D eigenvalue weighted by molar-refractivity contribution is 6.30. The lowest BCUT2D eigenvalue weighted by Crippen LogP contribution is -2.28. The largest absolute Gasteiger partial charge is 0.342 e. The molecule has 27 heavy (non-hydrogen) atoms. The Labute approximate surface area is 164 Å². The van der Waals surface area contributed by atoms with E-state index in [0.29, 0.717) is 12.0 Å². The van der Waals surface area contributed by atoms with Gasteiger partial charge in [0.25, 0.3) is 0 Å². The van der Waals surface area contributed by atoms with Crippen LogP contribution in [0, 0.1) is 6.92 Å². The van der Waals surface area contributed by atoms with E-state index in [2.05, 4.69) is 6.92 Å². The molecule has 0 spiro atoms. The molecule has 3 atom stereocenters. The number of rotatable bonds is 4. The number of hydrogen-bond acceptors (Lipinski definition) is 4. The molecule has 0 radical (unpaired) electrons. The summed E-state index contributed by atoms with van der Waals surface area (Å²) in [7, 11) is 0. The van der Waals surface area contributed by atoms with E-state index in [1.807, 2.05) is 56.3 Å². The van der Waals surface area contributed by atoms with Gasteiger partial charge in [0.15, 0.2) is 17.9 Å². The van der Waals surface area contributed by atoms with Gasteiger partial charge < -0.3 is 14.2 Å². The summed E-state index contributed by atoms with van der Waals surface area (Å²) < 4.78 is 17.4. The smallest absolute Gasteiger partial charge is 0.191 e. The predicted molar refractivity (Wildman–Crippen MR) is 103 cm³/mol. The number of aryl methyl sites for hydroxylation is 1. The normalized spacial score (nSPS) is 26.1. The van der Waals surface area contributed by atoms with E-state index in [0.717, 1.165) is 28.1 Å². The summed E-state index contributed by atoms with van der Waals surface area (Å²) in [6.07, 6.45) is 0.0947. The average Bonchev–Trinajstić information content (AvgIpc) is 3.11. The van der Waals surface area contributed by atoms with Gasteiger partial charge in [0, 0.05) is 17.0 Å². The number of hydrogen-bond donors (Lipinski definition) is 0. The number of halogens is 1. The fourth-order valence-electron chi connectivity index (χ4n) is 3.70. The van der Waals surface area contributed by atoms with Gasteiger partial charge in [0.1, 0.15) is 12.2 Å². The van der Waals surface area contributed by atoms with Crippen LogP contribution in [0.1, 0.15) is 47.3 Å². The van der Waals surface area contributed by atoms with E-state index in [4.69, 9.17) is 25.8 Å². The molecule has 0 aromatic heterocycles. The van der Waals surface area contributed by atoms with Gasteiger partial charge in [-0.25, -0.2) is 0 Å². The van der Waals surface area contributed by atoms with Crippen molar-refractivity contribution < 1.29 is 19.0 Å². The molecule has 142 valence electrons. The van der Waals surface area contributed by atoms with Crippen LogP contribution < -0.4 is 0 Å². The van der Waals surface area contributed by atoms with Crippen LogP contribution in [-0.2, 0) is 20.6 Å². The van der Waals surface area contributed by atoms with Crippen molar-refractivity contribution in [1.29, 1.82) is 0 Å². The molecule has 0 aliphatic carbocycles. The van der Waals surface area contributed by atoms with Gasteiger partial charge in [-0.15, -0.1) is 0 Å². The Morgan fingerprint density at radius 2 is 1.89 bits per heavy atom. The van der Waals surface area contributed by atoms with Crippen LogP contribution in [-0.4, -0.2) is 30.1 Å². The number of fused-ring (bicyclic) bond motifs is 1. The van der Waals surface area contributed by atoms with Crippen LogP contribution in [0.4, 0.5) is 0 Å². The molecular formula is C22H23ClO4. The zero-order chi connectivity index (χ0) is 19.2. The molecule has 2 heterocycles. The monoisotopic (exact) mass is 386 g/mol. The minimum Gasteiger partial charge on any atom is -0.342 e. The lowest BCUT2D eigenvalue weighted by molar-refractivity contribution is -0.199. The van der Waals surface area contributed by atoms with Crippen LogP contribution in [0.5, 0.6) is 0 Å². The first-order valence-corrected chi connectivity index (χ1v) is 9.58. The van der Waals surface area contributed by atoms with Crippen LogP contribution in [0.3, 0.4) is 0 Å². The van der Waals surface area contributed by atoms with Crippen LogP contribution in [0.15, 0.2) is 42.5 Å². The number of ketones is 1. The van der Waals surface area contributed by atoms with Crippen molar-refractivity contribution in [3.63, 3.8) is 0 Å². The van der Waals surface area contributed by atoms with Crippen molar-refractivity contribution in [2.45, 2.75) is 57.9 Å². The predicted octanol–water partition coefficient (Wildman–Crippen LogP) is 4.69. The van der Waals surface area contributed by atoms with E-state index in [9.17, 15) is 4.79 Å². The highest BCUT2D eigenvalue weighted by atomic mass is 35.5. The minimum absolute atomic E-state index is 0.0215. The second-order valence-electron chi connectivity index (χ2n) is 7.71. The molecule has 0 N–H and O–H groups in total. The molecule has 2 aromatic carbocycles. The number of ether oxygens (including phenoxy) is 3. The molecule has 2 aliphatic heterocycles. The standard InChI is InChI=1S/C22H23ClO4/c1-13-4-7-15(11-16(13)10-14-5-8-17(23)9-6-14)20(24)18-12-19-21(25-18)27-22(2,3)26-19/h4-9,11,18-19,21H,10,12H2,1-3H3/t18-,19+,21+/m1/s1. The van der Waals surface area contributed by atoms with Crippen molar-refractivity contribution in [3.8, 4) is 0 Å². The zero-order valence-corrected chi connectivity index (χ0v) is 16.5. The van der Waals surface area contributed by atoms with E-state index in [1.54, 1.807) is 0 Å². The SMILES string of the molecule is Cc1ccc(C(=O)[C@H]2C[C@@H]3OC(C)(C)O[C@@H]3O2)cc1Cc1ccc(Cl)cc1. The summed E-state index contributed by atoms with van der Waals surface area (Å²) >= 11 is 5.96. The molecule has 2 saturated heterocycles. The molecule has 4 nitrogen and oxygen atoms in total. The zero-order valence-electron chi connectivity index (χ0n) is 15.7. The maximum absolute atomic E-state index is 12.9. The molecular weight excluding hydrogens is 364 g/mol. The Morgan fingerprint density at radius 3 is 2.59 bits per heavy atom. The third-order valence-corrected chi connectivity index (χ3v) is 5.37. The van der Waals surface area contributed by atoms with Gasteiger partial charge in [0.2, 0.25) is 0 Å². The Hall–Kier alpha value is -1.72. The highest BCUT2D eigenvalue weighted by Gasteiger charge is 2.50. The lowest BCUT2D eigenvalue weighted by Gasteiger charge is -2.20. The van der Waals surface area contributed by atoms with Crippen LogP contribution >= 0.6 is 11.6 Å². The maximum Gasteiger partial charge on any atom is 0.191 e. The van der Waals surface area contributed by atoms with E-state index < -0.39 is 18.2 Å². The topological polar surface area (TPSA) is 44.8 Å². The van der Waals surface area contributed by atoms with Gasteiger partial charge in [-0.3, -0.25) is 4.79 Å². The average molecular weight is 387 g/mol. The first kappa shape index (κ1) is 18.6. The fourth-order valence-corrected chi connectivity index (χ4v) is 3.82. The van der Waals surface area contributed by atoms with Crippen molar-refractivity contribution in [2.24, 2.45) is 0 Å². The third kappa shape index (κ3) is 3.94. The van der Waals surface area contributed by atoms with E-state index in [-0.39, 0.29) is 11.9 Å². The van der Waals surface area contributed by atoms with Crippen LogP contribution in [0.25, 0.3) is 0 Å². The first-order chi connectivity index (χ1) is 12.8. The number of Topliss-reactive ketones (excluding diaryl/α,β-unsaturated/α-hetero) is 1. The Balaban J connectivity index is 1.49. The number of carbonyl (C=O) groups is 1. The van der Waals surface area contributed by atoms with E-state index in [1.165, 1.54) is 0 Å². The quantitative estimate of drug-likeness (QED) is 0.715. The summed E-state index contributed by atoms with van der Waals surface area (Å²) in [6.45, 7) is 5.77. The van der Waals surface area contributed by atoms with Gasteiger partial charge in [0.05, 0.1) is 0 Å². The first-order valence-electron chi connectivity index (χ1n) is 9.20. The number of benzene rings is 2. The second-order valence-corrected chi connectivity index (χ2v) is 8.15. The summed E-state index contributed by atoms with van der Waals surface area (Å²) in [5.74, 6) is -0.675. The molecule has 4 rings (SSSR count). The van der Waals surface area contributed by atoms with Crippen molar-refractivity contribution >= 4 is 17.4 Å². The van der Waals surface area contributed by atoms with Crippen molar-refractivity contribution in [3.05, 3.63) is 69.7 Å². The summed E-state index contributed by atoms with van der Waals surface area (Å²) in [5, 5.41) is 0.718. The van der Waals surface area contributed by atoms with Crippen molar-refractivity contribution in [2.75, 3.05) is 0 Å². The molecule has 2 aliphatic rings. The summed E-state index contributed by atoms with van der Waals surface area (Å²) in [5.41, 5.74) is 4.09. The summed E-state index contributed by atoms with van der Waals surface area (Å²) in [6, 6.07) is 13.6. The van der Waals surface area contributed by atoms with Crippen molar-refractivity contribution in [1.82, 2.24) is 0 Å². The fraction of sp³-hybridized carbons (Fsp3) is 0.409. The highest BCUT2D eigenvalue weighted by Crippen LogP contribution is 2.38. The molecule has 0 unspecified atom stereocenters. The molecule has 2 aromatic rings. The Morgan fingerprint density at radius 1 is 1.15 bits per heavy atom. The summed E-state index contributed by atoms with van der Waals surface area (Å²) in [4.78, 5) is 12.9. The Kier molecular flexibility index (Phi) is 4.85. The Bertz CT molecular complexity index is 843. The number of carbonyl (C=O) groups excluding carboxylic acids is 1. The third-order valence-electron chi connectivity index (χ3n) is 5.12. The van der Waals surface area contributed by atoms with E-state index >= 15 is 0 Å². The molecule has 5 heteroatoms. The van der Waals surface area contributed by atoms with Gasteiger partial charge in [-0.1, -0.05) is 35.9 Å². The second kappa shape index (κ2) is 7.02. The molecule has 0 saturated carbocycles. The van der Waals surface area contributed by atoms with Gasteiger partial charge in [-0.2, -0.15) is 0 Å². The van der Waals surface area contributed by atoms with Gasteiger partial charge >= 0.3 is 0 Å². The maximum atomic E-state index is 12.9. The van der Waals surface area contributed by atoms with Crippen LogP contribution in [0.2, 0.25) is 5.02 Å². The molecule has 0 amide bonds. The van der Waals surface area contributed by atoms with Gasteiger partial charge in [-0.05, 0) is 62.1 Å².